The predicted octanol–water partition coefficient (Wildman–Crippen LogP) is 1.53. The zero-order valence-corrected chi connectivity index (χ0v) is 16.2. The molecule has 7 nitrogen and oxygen atoms in total. The van der Waals surface area contributed by atoms with Crippen LogP contribution in [0.1, 0.15) is 31.2 Å². The Morgan fingerprint density at radius 3 is 2.81 bits per heavy atom. The molecule has 1 saturated carbocycles. The van der Waals surface area contributed by atoms with Crippen LogP contribution in [0.2, 0.25) is 0 Å². The molecule has 146 valence electrons. The highest BCUT2D eigenvalue weighted by Crippen LogP contribution is 2.37. The summed E-state index contributed by atoms with van der Waals surface area (Å²) in [5.74, 6) is 0.913. The fraction of sp³-hybridized carbons (Fsp3) is 0.600. The number of hydrogen-bond acceptors (Lipinski definition) is 5. The van der Waals surface area contributed by atoms with Crippen LogP contribution in [-0.2, 0) is 9.59 Å². The number of hydrogen-bond donors (Lipinski definition) is 2. The number of likely N-dealkylation sites (N-methyl/N-ethyl adjacent to an activating group) is 1. The molecule has 1 aliphatic carbocycles. The Morgan fingerprint density at radius 1 is 1.26 bits per heavy atom. The van der Waals surface area contributed by atoms with E-state index in [2.05, 4.69) is 15.8 Å². The summed E-state index contributed by atoms with van der Waals surface area (Å²) in [6.45, 7) is 2.82. The number of hydrazine groups is 1. The van der Waals surface area contributed by atoms with Crippen LogP contribution in [0.3, 0.4) is 0 Å². The van der Waals surface area contributed by atoms with E-state index in [0.29, 0.717) is 12.5 Å². The molecule has 1 aromatic rings. The van der Waals surface area contributed by atoms with E-state index in [0.717, 1.165) is 42.8 Å². The van der Waals surface area contributed by atoms with Crippen LogP contribution in [0.5, 0.6) is 5.75 Å². The number of aryl methyl sites for hydroxylation is 1. The number of carbonyl (C=O) groups is 2. The topological polar surface area (TPSA) is 73.9 Å². The van der Waals surface area contributed by atoms with Gasteiger partial charge in [-0.1, -0.05) is 0 Å². The van der Waals surface area contributed by atoms with Gasteiger partial charge in [-0.3, -0.25) is 15.0 Å². The van der Waals surface area contributed by atoms with Crippen LogP contribution < -0.4 is 15.5 Å². The van der Waals surface area contributed by atoms with E-state index in [1.54, 1.807) is 7.11 Å². The lowest BCUT2D eigenvalue weighted by Crippen LogP contribution is -2.67. The number of benzene rings is 1. The number of piperazine rings is 1. The summed E-state index contributed by atoms with van der Waals surface area (Å²) >= 11 is 0. The zero-order chi connectivity index (χ0) is 19.1. The normalized spacial score (nSPS) is 30.6. The van der Waals surface area contributed by atoms with E-state index in [1.165, 1.54) is 0 Å². The maximum absolute atomic E-state index is 12.9. The Kier molecular flexibility index (Phi) is 4.82. The van der Waals surface area contributed by atoms with Crippen LogP contribution >= 0.6 is 0 Å². The van der Waals surface area contributed by atoms with E-state index < -0.39 is 0 Å². The number of rotatable bonds is 3. The molecule has 0 aromatic heterocycles. The predicted molar refractivity (Wildman–Crippen MR) is 102 cm³/mol. The molecule has 2 amide bonds. The second-order valence-corrected chi connectivity index (χ2v) is 7.88. The minimum Gasteiger partial charge on any atom is -0.497 e. The summed E-state index contributed by atoms with van der Waals surface area (Å²) in [4.78, 5) is 27.4. The third-order valence-electron chi connectivity index (χ3n) is 6.38. The van der Waals surface area contributed by atoms with Gasteiger partial charge < -0.3 is 15.0 Å². The van der Waals surface area contributed by atoms with Gasteiger partial charge in [0, 0.05) is 37.3 Å². The van der Waals surface area contributed by atoms with Crippen LogP contribution in [-0.4, -0.2) is 60.6 Å². The van der Waals surface area contributed by atoms with Gasteiger partial charge in [0.1, 0.15) is 11.8 Å². The summed E-state index contributed by atoms with van der Waals surface area (Å²) in [5, 5.41) is 5.23. The minimum absolute atomic E-state index is 0.0384. The van der Waals surface area contributed by atoms with Gasteiger partial charge in [-0.15, -0.1) is 0 Å². The molecule has 0 spiro atoms. The highest BCUT2D eigenvalue weighted by atomic mass is 16.5. The van der Waals surface area contributed by atoms with E-state index in [1.807, 2.05) is 37.1 Å². The van der Waals surface area contributed by atoms with Crippen LogP contribution in [0.4, 0.5) is 5.69 Å². The molecule has 1 aromatic carbocycles. The minimum atomic E-state index is -0.0813. The van der Waals surface area contributed by atoms with E-state index in [-0.39, 0.29) is 29.8 Å². The summed E-state index contributed by atoms with van der Waals surface area (Å²) in [6, 6.07) is 5.99. The Bertz CT molecular complexity index is 753. The summed E-state index contributed by atoms with van der Waals surface area (Å²) in [6.07, 6.45) is 3.34. The van der Waals surface area contributed by atoms with Gasteiger partial charge in [0.05, 0.1) is 7.11 Å². The molecular weight excluding hydrogens is 344 g/mol. The third-order valence-corrected chi connectivity index (χ3v) is 6.38. The van der Waals surface area contributed by atoms with Crippen molar-refractivity contribution in [2.24, 2.45) is 5.92 Å². The van der Waals surface area contributed by atoms with Gasteiger partial charge in [0.15, 0.2) is 0 Å². The molecule has 27 heavy (non-hydrogen) atoms. The number of amides is 2. The summed E-state index contributed by atoms with van der Waals surface area (Å²) < 4.78 is 5.23. The number of nitrogens with one attached hydrogen (secondary N) is 2. The molecule has 4 rings (SSSR count). The molecule has 2 aliphatic heterocycles. The molecule has 0 bridgehead atoms. The van der Waals surface area contributed by atoms with Crippen molar-refractivity contribution in [1.82, 2.24) is 15.3 Å². The number of nitrogens with zero attached hydrogens (tertiary/aromatic N) is 2. The number of methoxy groups -OCH3 is 1. The Morgan fingerprint density at radius 2 is 2.07 bits per heavy atom. The average molecular weight is 372 g/mol. The number of fused-ring (bicyclic) bond motifs is 3. The lowest BCUT2D eigenvalue weighted by Gasteiger charge is -2.50. The maximum atomic E-state index is 12.9. The van der Waals surface area contributed by atoms with Gasteiger partial charge in [-0.05, 0) is 56.4 Å². The number of anilines is 1. The Hall–Kier alpha value is -2.12. The van der Waals surface area contributed by atoms with Gasteiger partial charge in [0.25, 0.3) is 0 Å². The van der Waals surface area contributed by atoms with Crippen molar-refractivity contribution in [3.63, 3.8) is 0 Å². The van der Waals surface area contributed by atoms with Crippen molar-refractivity contribution in [3.05, 3.63) is 23.8 Å². The molecule has 3 fully saturated rings. The standard InChI is InChI=1S/C20H28N4O3/c1-12-10-14(27-3)5-6-15(12)22-19(25)13-4-7-16-18(11-13)23(2)20(26)17-8-9-21-24(16)17/h5-6,10,13,16-18,21H,4,7-9,11H2,1-3H3,(H,22,25). The SMILES string of the molecule is COc1ccc(NC(=O)C2CCC3C(C2)N(C)C(=O)C2CCNN23)c(C)c1. The first kappa shape index (κ1) is 18.3. The van der Waals surface area contributed by atoms with Crippen molar-refractivity contribution in [2.75, 3.05) is 26.0 Å². The largest absolute Gasteiger partial charge is 0.497 e. The van der Waals surface area contributed by atoms with Gasteiger partial charge in [0.2, 0.25) is 11.8 Å². The third kappa shape index (κ3) is 3.19. The lowest BCUT2D eigenvalue weighted by molar-refractivity contribution is -0.153. The van der Waals surface area contributed by atoms with Crippen LogP contribution in [0.15, 0.2) is 18.2 Å². The molecule has 4 atom stereocenters. The van der Waals surface area contributed by atoms with Crippen molar-refractivity contribution < 1.29 is 14.3 Å². The molecule has 4 unspecified atom stereocenters. The number of carbonyl (C=O) groups excluding carboxylic acids is 2. The molecule has 2 saturated heterocycles. The summed E-state index contributed by atoms with van der Waals surface area (Å²) in [5.41, 5.74) is 5.18. The van der Waals surface area contributed by atoms with Crippen molar-refractivity contribution in [2.45, 2.75) is 50.7 Å². The van der Waals surface area contributed by atoms with Crippen molar-refractivity contribution >= 4 is 17.5 Å². The maximum Gasteiger partial charge on any atom is 0.241 e. The lowest BCUT2D eigenvalue weighted by atomic mass is 9.79. The number of ether oxygens (including phenoxy) is 1. The van der Waals surface area contributed by atoms with Gasteiger partial charge in [-0.25, -0.2) is 5.01 Å². The fourth-order valence-electron chi connectivity index (χ4n) is 4.82. The molecule has 2 heterocycles. The van der Waals surface area contributed by atoms with E-state index >= 15 is 0 Å². The fourth-order valence-corrected chi connectivity index (χ4v) is 4.82. The zero-order valence-electron chi connectivity index (χ0n) is 16.2. The first-order chi connectivity index (χ1) is 13.0. The van der Waals surface area contributed by atoms with Crippen molar-refractivity contribution in [1.29, 1.82) is 0 Å². The molecule has 0 radical (unpaired) electrons. The smallest absolute Gasteiger partial charge is 0.241 e. The Labute approximate surface area is 160 Å². The van der Waals surface area contributed by atoms with E-state index in [9.17, 15) is 9.59 Å². The Balaban J connectivity index is 1.45. The second kappa shape index (κ2) is 7.13. The van der Waals surface area contributed by atoms with Gasteiger partial charge in [-0.2, -0.15) is 0 Å². The molecule has 3 aliphatic rings. The highest BCUT2D eigenvalue weighted by molar-refractivity contribution is 5.93. The quantitative estimate of drug-likeness (QED) is 0.842. The summed E-state index contributed by atoms with van der Waals surface area (Å²) in [7, 11) is 3.52. The first-order valence-electron chi connectivity index (χ1n) is 9.73. The van der Waals surface area contributed by atoms with Gasteiger partial charge >= 0.3 is 0 Å². The second-order valence-electron chi connectivity index (χ2n) is 7.88. The van der Waals surface area contributed by atoms with Crippen LogP contribution in [0, 0.1) is 12.8 Å². The van der Waals surface area contributed by atoms with E-state index in [4.69, 9.17) is 4.74 Å². The molecule has 2 N–H and O–H groups in total. The first-order valence-corrected chi connectivity index (χ1v) is 9.73. The average Bonchev–Trinajstić information content (AvgIpc) is 3.17. The monoisotopic (exact) mass is 372 g/mol. The van der Waals surface area contributed by atoms with Crippen molar-refractivity contribution in [3.8, 4) is 5.75 Å². The molecular formula is C20H28N4O3. The molecule has 7 heteroatoms. The highest BCUT2D eigenvalue weighted by Gasteiger charge is 2.50. The van der Waals surface area contributed by atoms with Crippen LogP contribution in [0.25, 0.3) is 0 Å².